The molecule has 0 spiro atoms. The van der Waals surface area contributed by atoms with Crippen molar-refractivity contribution in [3.05, 3.63) is 35.9 Å². The van der Waals surface area contributed by atoms with Gasteiger partial charge in [0, 0.05) is 7.05 Å². The lowest BCUT2D eigenvalue weighted by Gasteiger charge is -2.27. The van der Waals surface area contributed by atoms with Crippen LogP contribution in [0.4, 0.5) is 9.59 Å². The van der Waals surface area contributed by atoms with E-state index in [1.807, 2.05) is 18.3 Å². The normalized spacial score (nSPS) is 19.5. The summed E-state index contributed by atoms with van der Waals surface area (Å²) in [4.78, 5) is 49.3. The monoisotopic (exact) mass is 346 g/mol. The number of urea groups is 2. The maximum absolute atomic E-state index is 13.0. The number of carbonyl (C=O) groups excluding carboxylic acids is 4. The maximum atomic E-state index is 13.0. The molecule has 1 aliphatic heterocycles. The van der Waals surface area contributed by atoms with Gasteiger partial charge in [-0.2, -0.15) is 0 Å². The predicted octanol–water partition coefficient (Wildman–Crippen LogP) is 1.08. The van der Waals surface area contributed by atoms with Crippen LogP contribution >= 0.6 is 0 Å². The number of hydrogen-bond donors (Lipinski definition) is 3. The van der Waals surface area contributed by atoms with E-state index in [1.165, 1.54) is 7.05 Å². The van der Waals surface area contributed by atoms with Gasteiger partial charge in [-0.15, -0.1) is 0 Å². The van der Waals surface area contributed by atoms with E-state index in [1.54, 1.807) is 24.3 Å². The lowest BCUT2D eigenvalue weighted by molar-refractivity contribution is -0.135. The molecule has 1 aliphatic rings. The van der Waals surface area contributed by atoms with Crippen LogP contribution in [0.15, 0.2) is 30.3 Å². The minimum Gasteiger partial charge on any atom is -0.341 e. The Morgan fingerprint density at radius 2 is 1.88 bits per heavy atom. The molecule has 3 N–H and O–H groups in total. The Morgan fingerprint density at radius 3 is 2.48 bits per heavy atom. The van der Waals surface area contributed by atoms with Crippen molar-refractivity contribution >= 4 is 23.9 Å². The molecule has 2 rings (SSSR count). The Kier molecular flexibility index (Phi) is 5.74. The highest BCUT2D eigenvalue weighted by Crippen LogP contribution is 2.33. The van der Waals surface area contributed by atoms with Crippen LogP contribution in [0.3, 0.4) is 0 Å². The summed E-state index contributed by atoms with van der Waals surface area (Å²) < 4.78 is 0. The van der Waals surface area contributed by atoms with Crippen molar-refractivity contribution in [2.45, 2.75) is 31.7 Å². The number of rotatable bonds is 6. The van der Waals surface area contributed by atoms with E-state index in [0.29, 0.717) is 12.0 Å². The van der Waals surface area contributed by atoms with E-state index in [-0.39, 0.29) is 0 Å². The molecule has 0 bridgehead atoms. The Balaban J connectivity index is 2.26. The van der Waals surface area contributed by atoms with Crippen molar-refractivity contribution in [1.82, 2.24) is 20.9 Å². The fourth-order valence-electron chi connectivity index (χ4n) is 2.82. The first-order valence-electron chi connectivity index (χ1n) is 8.15. The van der Waals surface area contributed by atoms with Crippen molar-refractivity contribution in [2.24, 2.45) is 0 Å². The van der Waals surface area contributed by atoms with Gasteiger partial charge in [-0.3, -0.25) is 19.8 Å². The number of benzene rings is 1. The highest BCUT2D eigenvalue weighted by Gasteiger charge is 2.52. The molecule has 1 aromatic rings. The molecular weight excluding hydrogens is 324 g/mol. The van der Waals surface area contributed by atoms with Gasteiger partial charge in [-0.05, 0) is 12.0 Å². The average molecular weight is 346 g/mol. The van der Waals surface area contributed by atoms with Crippen LogP contribution in [0.1, 0.15) is 31.7 Å². The molecule has 0 unspecified atom stereocenters. The lowest BCUT2D eigenvalue weighted by atomic mass is 9.85. The number of nitrogens with one attached hydrogen (secondary N) is 3. The van der Waals surface area contributed by atoms with Crippen molar-refractivity contribution in [2.75, 3.05) is 13.6 Å². The summed E-state index contributed by atoms with van der Waals surface area (Å²) in [6.45, 7) is 1.48. The summed E-state index contributed by atoms with van der Waals surface area (Å²) in [5.74, 6) is -1.22. The first-order valence-corrected chi connectivity index (χ1v) is 8.15. The Hall–Kier alpha value is -2.90. The number of nitrogens with zero attached hydrogens (tertiary/aromatic N) is 1. The Labute approximate surface area is 145 Å². The van der Waals surface area contributed by atoms with Gasteiger partial charge in [0.05, 0.1) is 0 Å². The van der Waals surface area contributed by atoms with Crippen molar-refractivity contribution in [1.29, 1.82) is 0 Å². The molecule has 1 saturated heterocycles. The molecule has 0 aliphatic carbocycles. The van der Waals surface area contributed by atoms with Crippen LogP contribution in [0.5, 0.6) is 0 Å². The summed E-state index contributed by atoms with van der Waals surface area (Å²) in [6, 6.07) is 7.64. The smallest absolute Gasteiger partial charge is 0.325 e. The summed E-state index contributed by atoms with van der Waals surface area (Å²) in [6.07, 6.45) is 2.03. The molecule has 25 heavy (non-hydrogen) atoms. The molecule has 1 heterocycles. The maximum Gasteiger partial charge on any atom is 0.325 e. The average Bonchev–Trinajstić information content (AvgIpc) is 2.85. The van der Waals surface area contributed by atoms with Crippen LogP contribution in [0.25, 0.3) is 0 Å². The van der Waals surface area contributed by atoms with E-state index in [2.05, 4.69) is 10.6 Å². The second kappa shape index (κ2) is 7.78. The standard InChI is InChI=1S/C17H22N4O4/c1-3-4-10-17(12-8-6-5-7-9-12)14(23)21(16(25)20-17)11-13(22)19-15(24)18-2/h5-9H,3-4,10-11H2,1-2H3,(H,20,25)(H2,18,19,22,24)/t17-/m1/s1. The predicted molar refractivity (Wildman–Crippen MR) is 90.5 cm³/mol. The number of imide groups is 2. The zero-order valence-electron chi connectivity index (χ0n) is 14.3. The van der Waals surface area contributed by atoms with E-state index in [4.69, 9.17) is 0 Å². The van der Waals surface area contributed by atoms with Gasteiger partial charge in [0.1, 0.15) is 12.1 Å². The Bertz CT molecular complexity index is 676. The molecule has 1 aromatic carbocycles. The second-order valence-corrected chi connectivity index (χ2v) is 5.82. The second-order valence-electron chi connectivity index (χ2n) is 5.82. The third-order valence-electron chi connectivity index (χ3n) is 4.13. The van der Waals surface area contributed by atoms with Gasteiger partial charge < -0.3 is 10.6 Å². The summed E-state index contributed by atoms with van der Waals surface area (Å²) in [5.41, 5.74) is -0.502. The van der Waals surface area contributed by atoms with Gasteiger partial charge in [-0.1, -0.05) is 50.1 Å². The number of unbranched alkanes of at least 4 members (excludes halogenated alkanes) is 1. The first kappa shape index (κ1) is 18.4. The molecule has 0 aromatic heterocycles. The SMILES string of the molecule is CCCC[C@]1(c2ccccc2)NC(=O)N(CC(=O)NC(=O)NC)C1=O. The first-order chi connectivity index (χ1) is 11.9. The van der Waals surface area contributed by atoms with Crippen molar-refractivity contribution in [3.8, 4) is 0 Å². The zero-order chi connectivity index (χ0) is 18.4. The molecule has 0 radical (unpaired) electrons. The fourth-order valence-corrected chi connectivity index (χ4v) is 2.82. The Morgan fingerprint density at radius 1 is 1.20 bits per heavy atom. The molecule has 6 amide bonds. The van der Waals surface area contributed by atoms with Gasteiger partial charge in [-0.25, -0.2) is 9.59 Å². The summed E-state index contributed by atoms with van der Waals surface area (Å²) in [7, 11) is 1.36. The van der Waals surface area contributed by atoms with E-state index >= 15 is 0 Å². The van der Waals surface area contributed by atoms with Crippen LogP contribution in [-0.2, 0) is 15.1 Å². The summed E-state index contributed by atoms with van der Waals surface area (Å²) in [5, 5.41) is 7.03. The molecule has 0 saturated carbocycles. The van der Waals surface area contributed by atoms with Crippen molar-refractivity contribution in [3.63, 3.8) is 0 Å². The van der Waals surface area contributed by atoms with Crippen LogP contribution in [0.2, 0.25) is 0 Å². The minimum absolute atomic E-state index is 0.436. The fraction of sp³-hybridized carbons (Fsp3) is 0.412. The van der Waals surface area contributed by atoms with Gasteiger partial charge >= 0.3 is 12.1 Å². The molecular formula is C17H22N4O4. The quantitative estimate of drug-likeness (QED) is 0.670. The van der Waals surface area contributed by atoms with E-state index in [9.17, 15) is 19.2 Å². The van der Waals surface area contributed by atoms with E-state index in [0.717, 1.165) is 17.7 Å². The minimum atomic E-state index is -1.18. The largest absolute Gasteiger partial charge is 0.341 e. The van der Waals surface area contributed by atoms with Crippen molar-refractivity contribution < 1.29 is 19.2 Å². The lowest BCUT2D eigenvalue weighted by Crippen LogP contribution is -2.47. The highest BCUT2D eigenvalue weighted by molar-refractivity contribution is 6.10. The number of carbonyl (C=O) groups is 4. The molecule has 8 nitrogen and oxygen atoms in total. The van der Waals surface area contributed by atoms with Crippen LogP contribution in [-0.4, -0.2) is 42.4 Å². The van der Waals surface area contributed by atoms with Gasteiger partial charge in [0.25, 0.3) is 5.91 Å². The summed E-state index contributed by atoms with van der Waals surface area (Å²) >= 11 is 0. The third kappa shape index (κ3) is 3.78. The molecule has 1 atom stereocenters. The molecule has 8 heteroatoms. The number of amides is 6. The molecule has 1 fully saturated rings. The van der Waals surface area contributed by atoms with Crippen LogP contribution in [0, 0.1) is 0 Å². The zero-order valence-corrected chi connectivity index (χ0v) is 14.3. The number of hydrogen-bond acceptors (Lipinski definition) is 4. The van der Waals surface area contributed by atoms with Gasteiger partial charge in [0.2, 0.25) is 5.91 Å². The van der Waals surface area contributed by atoms with Gasteiger partial charge in [0.15, 0.2) is 0 Å². The van der Waals surface area contributed by atoms with E-state index < -0.39 is 36.0 Å². The topological polar surface area (TPSA) is 108 Å². The third-order valence-corrected chi connectivity index (χ3v) is 4.13. The molecule has 134 valence electrons. The van der Waals surface area contributed by atoms with Crippen LogP contribution < -0.4 is 16.0 Å². The highest BCUT2D eigenvalue weighted by atomic mass is 16.2.